The van der Waals surface area contributed by atoms with E-state index in [0.29, 0.717) is 58.5 Å². The van der Waals surface area contributed by atoms with Gasteiger partial charge in [0.2, 0.25) is 70.9 Å². The quantitative estimate of drug-likeness (QED) is 0.0219. The second-order valence-electron chi connectivity index (χ2n) is 25.0. The van der Waals surface area contributed by atoms with Crippen molar-refractivity contribution in [1.82, 2.24) is 61.3 Å². The molecule has 0 radical (unpaired) electrons. The number of likely N-dealkylation sites (tertiary alicyclic amines) is 3. The van der Waals surface area contributed by atoms with Crippen molar-refractivity contribution in [1.29, 1.82) is 0 Å². The van der Waals surface area contributed by atoms with Crippen LogP contribution < -0.4 is 31.9 Å². The van der Waals surface area contributed by atoms with Crippen molar-refractivity contribution in [2.75, 3.05) is 120 Å². The maximum atomic E-state index is 12.8. The van der Waals surface area contributed by atoms with Crippen LogP contribution in [0.25, 0.3) is 0 Å². The summed E-state index contributed by atoms with van der Waals surface area (Å²) in [6.07, 6.45) is 12.5. The fourth-order valence-corrected chi connectivity index (χ4v) is 14.6. The van der Waals surface area contributed by atoms with E-state index in [9.17, 15) is 71.9 Å². The topological polar surface area (TPSA) is 385 Å². The molecule has 3 heterocycles. The molecule has 0 aromatic carbocycles. The second-order valence-corrected chi connectivity index (χ2v) is 29.8. The molecule has 6 N–H and O–H groups in total. The van der Waals surface area contributed by atoms with Crippen LogP contribution in [0.4, 0.5) is 0 Å². The maximum Gasteiger partial charge on any atom is 0.243 e. The number of nitrogens with zero attached hydrogens (tertiary/aromatic N) is 9. The third-order valence-electron chi connectivity index (χ3n) is 17.2. The first-order valence-corrected chi connectivity index (χ1v) is 39.2. The first-order chi connectivity index (χ1) is 48.4. The fraction of sp³-hybridized carbons (Fsp3) is 0.727. The number of likely N-dealkylation sites (N-methyl/N-ethyl adjacent to an activating group) is 6. The first kappa shape index (κ1) is 94.5. The number of carbonyl (C=O) groups is 15. The number of nitrogens with one attached hydrogen (secondary N) is 6. The molecule has 12 amide bonds. The molecule has 36 heteroatoms. The second kappa shape index (κ2) is 53.3. The smallest absolute Gasteiger partial charge is 0.243 e. The summed E-state index contributed by atoms with van der Waals surface area (Å²) in [5, 5.41) is 16.2. The van der Waals surface area contributed by atoms with Crippen LogP contribution in [0, 0.1) is 17.8 Å². The molecule has 3 saturated heterocycles. The predicted molar refractivity (Wildman–Crippen MR) is 413 cm³/mol. The molecule has 3 rings (SSSR count). The molecular formula is C66H114N15O15P3S3. The van der Waals surface area contributed by atoms with E-state index in [1.165, 1.54) is 104 Å². The maximum absolute atomic E-state index is 12.8. The molecule has 0 spiro atoms. The van der Waals surface area contributed by atoms with E-state index in [4.69, 9.17) is 0 Å². The summed E-state index contributed by atoms with van der Waals surface area (Å²) in [6, 6.07) is -2.64. The third kappa shape index (κ3) is 35.0. The van der Waals surface area contributed by atoms with Crippen LogP contribution in [-0.4, -0.2) is 290 Å². The van der Waals surface area contributed by atoms with Crippen molar-refractivity contribution in [2.45, 2.75) is 170 Å². The van der Waals surface area contributed by atoms with Gasteiger partial charge in [0.25, 0.3) is 0 Å². The number of thioether (sulfide) groups is 3. The molecule has 12 atom stereocenters. The minimum atomic E-state index is -0.879. The summed E-state index contributed by atoms with van der Waals surface area (Å²) in [5.41, 5.74) is 0. The molecule has 0 bridgehead atoms. The average Bonchev–Trinajstić information content (AvgIpc) is 1.81. The minimum Gasteiger partial charge on any atom is -0.353 e. The number of ketones is 3. The Bertz CT molecular complexity index is 2590. The number of imide groups is 3. The van der Waals surface area contributed by atoms with Crippen molar-refractivity contribution < 1.29 is 71.9 Å². The van der Waals surface area contributed by atoms with Crippen LogP contribution in [0.15, 0.2) is 14.3 Å². The lowest BCUT2D eigenvalue weighted by atomic mass is 9.99. The van der Waals surface area contributed by atoms with E-state index in [0.717, 1.165) is 55.8 Å². The van der Waals surface area contributed by atoms with Gasteiger partial charge in [-0.25, -0.2) is 0 Å². The Balaban J connectivity index is 0.000000765. The van der Waals surface area contributed by atoms with E-state index in [1.807, 2.05) is 0 Å². The minimum absolute atomic E-state index is 0.0787. The highest BCUT2D eigenvalue weighted by Crippen LogP contribution is 2.28. The molecule has 0 aromatic rings. The lowest BCUT2D eigenvalue weighted by Gasteiger charge is -2.27. The van der Waals surface area contributed by atoms with Crippen molar-refractivity contribution in [3.05, 3.63) is 0 Å². The van der Waals surface area contributed by atoms with Gasteiger partial charge in [0.15, 0.2) is 0 Å². The van der Waals surface area contributed by atoms with Gasteiger partial charge in [-0.1, -0.05) is 40.0 Å². The lowest BCUT2D eigenvalue weighted by Crippen LogP contribution is -2.50. The van der Waals surface area contributed by atoms with Gasteiger partial charge in [0, 0.05) is 158 Å². The van der Waals surface area contributed by atoms with Gasteiger partial charge >= 0.3 is 0 Å². The van der Waals surface area contributed by atoms with Crippen molar-refractivity contribution in [2.24, 2.45) is 32.0 Å². The number of hydrogen-bond donors (Lipinski definition) is 6. The number of hydrogen-bond acceptors (Lipinski definition) is 24. The fourth-order valence-electron chi connectivity index (χ4n) is 10.2. The molecule has 3 aliphatic rings. The molecule has 102 heavy (non-hydrogen) atoms. The SMILES string of the molecule is CNCCNC(=O)[C@H](CC(=O)C(C)C=NP)N(C)C(=O)CCCCCSC1CC(=O)N(C)C1=O.CNCCNC(=O)[C@H](CC(=O)C(C)C=NP)N(C)C(=O)CCCCCSC1CC(=O)N(C)C1=O.CNCCNC(=O)[C@H](CC(=O)C(C)C=NP)N(C)C(=O)CCCCCSC1CC(=O)N(C)C1=O. The predicted octanol–water partition coefficient (Wildman–Crippen LogP) is 1.97. The van der Waals surface area contributed by atoms with E-state index in [-0.39, 0.29) is 162 Å². The number of unbranched alkanes of at least 4 members (excludes halogenated alkanes) is 6. The third-order valence-corrected chi connectivity index (χ3v) is 21.6. The first-order valence-electron chi connectivity index (χ1n) is 34.5. The van der Waals surface area contributed by atoms with E-state index >= 15 is 0 Å². The van der Waals surface area contributed by atoms with Crippen LogP contribution >= 0.6 is 63.5 Å². The number of carbonyl (C=O) groups excluding carboxylic acids is 15. The summed E-state index contributed by atoms with van der Waals surface area (Å²) >= 11 is 4.44. The van der Waals surface area contributed by atoms with Crippen molar-refractivity contribution in [3.8, 4) is 0 Å². The lowest BCUT2D eigenvalue weighted by molar-refractivity contribution is -0.141. The Kier molecular flexibility index (Phi) is 49.4. The van der Waals surface area contributed by atoms with Crippen LogP contribution in [0.5, 0.6) is 0 Å². The van der Waals surface area contributed by atoms with Gasteiger partial charge in [-0.3, -0.25) is 101 Å². The van der Waals surface area contributed by atoms with Crippen LogP contribution in [0.2, 0.25) is 0 Å². The Morgan fingerprint density at radius 3 is 0.853 bits per heavy atom. The van der Waals surface area contributed by atoms with Gasteiger partial charge in [-0.15, -0.1) is 35.3 Å². The van der Waals surface area contributed by atoms with Crippen molar-refractivity contribution in [3.63, 3.8) is 0 Å². The highest BCUT2D eigenvalue weighted by Gasteiger charge is 2.39. The Hall–Kier alpha value is -5.52. The highest BCUT2D eigenvalue weighted by molar-refractivity contribution is 8.01. The Labute approximate surface area is 622 Å². The highest BCUT2D eigenvalue weighted by atomic mass is 32.2. The van der Waals surface area contributed by atoms with Crippen LogP contribution in [0.3, 0.4) is 0 Å². The average molecular weight is 1550 g/mol. The molecule has 0 aromatic heterocycles. The summed E-state index contributed by atoms with van der Waals surface area (Å²) in [5.74, 6) is -2.13. The standard InChI is InChI=1S/3C22H38N5O5PS/c3*1-15(14-25-33)17(28)12-16(21(31)24-10-9-23-2)26(3)19(29)8-6-5-7-11-34-18-13-20(30)27(4)22(18)32/h3*14-16,18,23H,5-13,33H2,1-4H3,(H,24,31)/t3*15?,16-,18?/m000/s1. The largest absolute Gasteiger partial charge is 0.353 e. The van der Waals surface area contributed by atoms with Gasteiger partial charge in [-0.2, -0.15) is 0 Å². The molecule has 576 valence electrons. The number of rotatable bonds is 48. The molecule has 0 aliphatic carbocycles. The number of amides is 12. The van der Waals surface area contributed by atoms with Gasteiger partial charge < -0.3 is 46.6 Å². The Morgan fingerprint density at radius 1 is 0.422 bits per heavy atom. The van der Waals surface area contributed by atoms with E-state index in [1.54, 1.807) is 63.1 Å². The molecule has 0 saturated carbocycles. The monoisotopic (exact) mass is 1550 g/mol. The zero-order valence-electron chi connectivity index (χ0n) is 61.6. The Morgan fingerprint density at radius 2 is 0.657 bits per heavy atom. The number of Topliss-reactive ketones (excluding diaryl/α,β-unsaturated/α-hetero) is 3. The van der Waals surface area contributed by atoms with Crippen LogP contribution in [-0.2, 0) is 71.9 Å². The molecule has 9 unspecified atom stereocenters. The molecule has 3 aliphatic heterocycles. The molecular weight excluding hydrogens is 1430 g/mol. The summed E-state index contributed by atoms with van der Waals surface area (Å²) in [7, 11) is 21.0. The van der Waals surface area contributed by atoms with Gasteiger partial charge in [-0.05, 0) is 105 Å². The summed E-state index contributed by atoms with van der Waals surface area (Å²) < 4.78 is 11.4. The van der Waals surface area contributed by atoms with E-state index < -0.39 is 35.9 Å². The summed E-state index contributed by atoms with van der Waals surface area (Å²) in [6.45, 7) is 8.04. The zero-order valence-corrected chi connectivity index (χ0v) is 67.5. The normalized spacial score (nSPS) is 17.8. The zero-order chi connectivity index (χ0) is 77.0. The van der Waals surface area contributed by atoms with Crippen LogP contribution in [0.1, 0.15) is 136 Å². The molecule has 30 nitrogen and oxygen atoms in total. The van der Waals surface area contributed by atoms with E-state index in [2.05, 4.69) is 74.4 Å². The van der Waals surface area contributed by atoms with Crippen molar-refractivity contribution >= 4 is 170 Å². The molecule has 3 fully saturated rings. The van der Waals surface area contributed by atoms with Gasteiger partial charge in [0.1, 0.15) is 35.5 Å². The summed E-state index contributed by atoms with van der Waals surface area (Å²) in [4.78, 5) is 192. The van der Waals surface area contributed by atoms with Gasteiger partial charge in [0.05, 0.1) is 33.5 Å².